The number of hydrogen-bond acceptors (Lipinski definition) is 4. The van der Waals surface area contributed by atoms with Gasteiger partial charge in [-0.3, -0.25) is 0 Å². The number of nitrogens with zero attached hydrogens (tertiary/aromatic N) is 1. The Bertz CT molecular complexity index is 378. The van der Waals surface area contributed by atoms with Crippen LogP contribution in [0, 0.1) is 0 Å². The summed E-state index contributed by atoms with van der Waals surface area (Å²) in [7, 11) is 0. The van der Waals surface area contributed by atoms with Crippen molar-refractivity contribution in [3.05, 3.63) is 17.8 Å². The normalized spacial score (nSPS) is 19.1. The van der Waals surface area contributed by atoms with Crippen molar-refractivity contribution in [3.8, 4) is 5.88 Å². The van der Waals surface area contributed by atoms with Gasteiger partial charge in [-0.2, -0.15) is 0 Å². The van der Waals surface area contributed by atoms with E-state index in [9.17, 15) is 4.79 Å². The molecule has 1 aromatic rings. The molecule has 0 bridgehead atoms. The molecular formula is C9H10N2O3. The van der Waals surface area contributed by atoms with Crippen molar-refractivity contribution in [1.82, 2.24) is 4.98 Å². The zero-order valence-corrected chi connectivity index (χ0v) is 7.65. The number of aromatic nitrogens is 1. The second kappa shape index (κ2) is 3.17. The molecule has 0 saturated carbocycles. The lowest BCUT2D eigenvalue weighted by molar-refractivity contribution is 0.0696. The van der Waals surface area contributed by atoms with Gasteiger partial charge in [0, 0.05) is 6.20 Å². The van der Waals surface area contributed by atoms with Gasteiger partial charge in [0.05, 0.1) is 17.8 Å². The third kappa shape index (κ3) is 1.48. The van der Waals surface area contributed by atoms with E-state index in [4.69, 9.17) is 9.84 Å². The summed E-state index contributed by atoms with van der Waals surface area (Å²) in [5.74, 6) is -0.519. The van der Waals surface area contributed by atoms with Crippen LogP contribution >= 0.6 is 0 Å². The van der Waals surface area contributed by atoms with E-state index in [1.165, 1.54) is 12.3 Å². The van der Waals surface area contributed by atoms with Gasteiger partial charge in [0.2, 0.25) is 5.88 Å². The van der Waals surface area contributed by atoms with Crippen LogP contribution < -0.4 is 10.1 Å². The Morgan fingerprint density at radius 2 is 2.57 bits per heavy atom. The lowest BCUT2D eigenvalue weighted by atomic mass is 10.2. The highest BCUT2D eigenvalue weighted by Crippen LogP contribution is 2.26. The zero-order chi connectivity index (χ0) is 10.1. The fourth-order valence-corrected chi connectivity index (χ4v) is 1.28. The number of hydrogen-bond donors (Lipinski definition) is 2. The minimum atomic E-state index is -0.985. The van der Waals surface area contributed by atoms with E-state index in [1.54, 1.807) is 0 Å². The molecule has 1 unspecified atom stereocenters. The van der Waals surface area contributed by atoms with Crippen molar-refractivity contribution in [2.75, 3.05) is 11.9 Å². The molecule has 5 heteroatoms. The SMILES string of the molecule is CC1CNc2cc(C(=O)O)cnc2O1. The third-order valence-electron chi connectivity index (χ3n) is 1.99. The minimum Gasteiger partial charge on any atom is -0.478 e. The number of fused-ring (bicyclic) bond motifs is 1. The van der Waals surface area contributed by atoms with Crippen molar-refractivity contribution < 1.29 is 14.6 Å². The Hall–Kier alpha value is -1.78. The Labute approximate surface area is 80.7 Å². The molecule has 1 aliphatic heterocycles. The Balaban J connectivity index is 2.36. The van der Waals surface area contributed by atoms with E-state index in [2.05, 4.69) is 10.3 Å². The smallest absolute Gasteiger partial charge is 0.337 e. The van der Waals surface area contributed by atoms with Crippen molar-refractivity contribution >= 4 is 11.7 Å². The van der Waals surface area contributed by atoms with Gasteiger partial charge in [0.15, 0.2) is 0 Å². The van der Waals surface area contributed by atoms with Crippen LogP contribution in [0.2, 0.25) is 0 Å². The first-order valence-electron chi connectivity index (χ1n) is 4.30. The van der Waals surface area contributed by atoms with E-state index in [0.717, 1.165) is 0 Å². The number of aromatic carboxylic acids is 1. The molecule has 0 aromatic carbocycles. The number of nitrogens with one attached hydrogen (secondary N) is 1. The molecule has 5 nitrogen and oxygen atoms in total. The lowest BCUT2D eigenvalue weighted by Gasteiger charge is -2.23. The molecule has 0 amide bonds. The highest BCUT2D eigenvalue weighted by molar-refractivity contribution is 5.88. The number of rotatable bonds is 1. The average molecular weight is 194 g/mol. The second-order valence-corrected chi connectivity index (χ2v) is 3.19. The molecule has 1 aliphatic rings. The van der Waals surface area contributed by atoms with Gasteiger partial charge >= 0.3 is 5.97 Å². The van der Waals surface area contributed by atoms with E-state index >= 15 is 0 Å². The fraction of sp³-hybridized carbons (Fsp3) is 0.333. The fourth-order valence-electron chi connectivity index (χ4n) is 1.28. The van der Waals surface area contributed by atoms with Gasteiger partial charge < -0.3 is 15.2 Å². The Kier molecular flexibility index (Phi) is 1.99. The lowest BCUT2D eigenvalue weighted by Crippen LogP contribution is -2.28. The molecule has 0 saturated heterocycles. The largest absolute Gasteiger partial charge is 0.478 e. The maximum Gasteiger partial charge on any atom is 0.337 e. The van der Waals surface area contributed by atoms with Gasteiger partial charge in [0.1, 0.15) is 6.10 Å². The van der Waals surface area contributed by atoms with Crippen LogP contribution in [0.1, 0.15) is 17.3 Å². The Morgan fingerprint density at radius 1 is 1.79 bits per heavy atom. The highest BCUT2D eigenvalue weighted by atomic mass is 16.5. The van der Waals surface area contributed by atoms with E-state index in [-0.39, 0.29) is 11.7 Å². The number of pyridine rings is 1. The summed E-state index contributed by atoms with van der Waals surface area (Å²) in [6, 6.07) is 1.52. The number of carboxylic acids is 1. The van der Waals surface area contributed by atoms with Crippen LogP contribution in [0.25, 0.3) is 0 Å². The third-order valence-corrected chi connectivity index (χ3v) is 1.99. The van der Waals surface area contributed by atoms with Crippen molar-refractivity contribution in [1.29, 1.82) is 0 Å². The molecule has 2 N–H and O–H groups in total. The number of carbonyl (C=O) groups is 1. The van der Waals surface area contributed by atoms with Gasteiger partial charge in [-0.15, -0.1) is 0 Å². The maximum atomic E-state index is 10.6. The summed E-state index contributed by atoms with van der Waals surface area (Å²) >= 11 is 0. The van der Waals surface area contributed by atoms with Gasteiger partial charge in [-0.25, -0.2) is 9.78 Å². The van der Waals surface area contributed by atoms with Gasteiger partial charge in [0.25, 0.3) is 0 Å². The van der Waals surface area contributed by atoms with Crippen LogP contribution in [0.5, 0.6) is 5.88 Å². The second-order valence-electron chi connectivity index (χ2n) is 3.19. The summed E-state index contributed by atoms with van der Waals surface area (Å²) in [6.07, 6.45) is 1.35. The van der Waals surface area contributed by atoms with Crippen molar-refractivity contribution in [3.63, 3.8) is 0 Å². The topological polar surface area (TPSA) is 71.5 Å². The molecule has 2 heterocycles. The van der Waals surface area contributed by atoms with Crippen LogP contribution in [0.4, 0.5) is 5.69 Å². The maximum absolute atomic E-state index is 10.6. The molecule has 0 radical (unpaired) electrons. The van der Waals surface area contributed by atoms with Crippen molar-refractivity contribution in [2.45, 2.75) is 13.0 Å². The average Bonchev–Trinajstić information content (AvgIpc) is 2.16. The Morgan fingerprint density at radius 3 is 3.29 bits per heavy atom. The van der Waals surface area contributed by atoms with Crippen molar-refractivity contribution in [2.24, 2.45) is 0 Å². The monoisotopic (exact) mass is 194 g/mol. The standard InChI is InChI=1S/C9H10N2O3/c1-5-3-10-7-2-6(9(12)13)4-11-8(7)14-5/h2,4-5,10H,3H2,1H3,(H,12,13). The molecule has 2 rings (SSSR count). The van der Waals surface area contributed by atoms with E-state index in [0.29, 0.717) is 18.1 Å². The summed E-state index contributed by atoms with van der Waals surface area (Å²) in [4.78, 5) is 14.6. The quantitative estimate of drug-likeness (QED) is 0.697. The number of anilines is 1. The summed E-state index contributed by atoms with van der Waals surface area (Å²) in [6.45, 7) is 2.58. The first-order chi connectivity index (χ1) is 6.66. The predicted molar refractivity (Wildman–Crippen MR) is 49.8 cm³/mol. The highest BCUT2D eigenvalue weighted by Gasteiger charge is 2.18. The van der Waals surface area contributed by atoms with E-state index < -0.39 is 5.97 Å². The first kappa shape index (κ1) is 8.80. The van der Waals surface area contributed by atoms with Gasteiger partial charge in [-0.05, 0) is 13.0 Å². The van der Waals surface area contributed by atoms with Crippen LogP contribution in [0.3, 0.4) is 0 Å². The predicted octanol–water partition coefficient (Wildman–Crippen LogP) is 0.973. The molecule has 1 aromatic heterocycles. The molecule has 1 atom stereocenters. The first-order valence-corrected chi connectivity index (χ1v) is 4.30. The summed E-state index contributed by atoms with van der Waals surface area (Å²) in [5, 5.41) is 11.8. The summed E-state index contributed by atoms with van der Waals surface area (Å²) in [5.41, 5.74) is 0.803. The molecule has 14 heavy (non-hydrogen) atoms. The number of carboxylic acid groups (broad SMARTS) is 1. The molecule has 0 fully saturated rings. The van der Waals surface area contributed by atoms with Crippen LogP contribution in [-0.2, 0) is 0 Å². The molecule has 0 aliphatic carbocycles. The van der Waals surface area contributed by atoms with Crippen LogP contribution in [-0.4, -0.2) is 28.7 Å². The molecule has 74 valence electrons. The number of ether oxygens (including phenoxy) is 1. The molecular weight excluding hydrogens is 184 g/mol. The molecule has 0 spiro atoms. The van der Waals surface area contributed by atoms with E-state index in [1.807, 2.05) is 6.92 Å². The minimum absolute atomic E-state index is 0.0608. The zero-order valence-electron chi connectivity index (χ0n) is 7.65. The summed E-state index contributed by atoms with van der Waals surface area (Å²) < 4.78 is 5.40. The van der Waals surface area contributed by atoms with Gasteiger partial charge in [-0.1, -0.05) is 0 Å². The van der Waals surface area contributed by atoms with Crippen LogP contribution in [0.15, 0.2) is 12.3 Å².